The minimum Gasteiger partial charge on any atom is -0.465 e. The van der Waals surface area contributed by atoms with Crippen LogP contribution in [0.3, 0.4) is 0 Å². The highest BCUT2D eigenvalue weighted by Crippen LogP contribution is 2.22. The largest absolute Gasteiger partial charge is 0.465 e. The molecule has 1 saturated heterocycles. The fourth-order valence-electron chi connectivity index (χ4n) is 2.79. The number of rotatable bonds is 7. The molecule has 1 unspecified atom stereocenters. The van der Waals surface area contributed by atoms with Gasteiger partial charge in [0.15, 0.2) is 0 Å². The summed E-state index contributed by atoms with van der Waals surface area (Å²) in [6.07, 6.45) is 0.863. The van der Waals surface area contributed by atoms with Crippen LogP contribution in [0.5, 0.6) is 0 Å². The lowest BCUT2D eigenvalue weighted by atomic mass is 10.2. The molecule has 3 N–H and O–H groups in total. The first-order valence-electron chi connectivity index (χ1n) is 8.36. The molecule has 1 heterocycles. The highest BCUT2D eigenvalue weighted by molar-refractivity contribution is 6.42. The molecule has 2 rings (SSSR count). The second kappa shape index (κ2) is 9.64. The Bertz CT molecular complexity index is 684. The molecule has 1 aromatic rings. The van der Waals surface area contributed by atoms with Crippen LogP contribution in [0, 0.1) is 0 Å². The van der Waals surface area contributed by atoms with Gasteiger partial charge in [-0.2, -0.15) is 0 Å². The summed E-state index contributed by atoms with van der Waals surface area (Å²) in [6, 6.07) is 4.52. The van der Waals surface area contributed by atoms with E-state index < -0.39 is 12.1 Å². The molecule has 1 aliphatic heterocycles. The van der Waals surface area contributed by atoms with E-state index in [-0.39, 0.29) is 18.2 Å². The second-order valence-electron chi connectivity index (χ2n) is 6.05. The molecule has 9 heteroatoms. The van der Waals surface area contributed by atoms with Gasteiger partial charge in [0, 0.05) is 26.1 Å². The number of hydrogen-bond donors (Lipinski definition) is 3. The first kappa shape index (κ1) is 20.3. The van der Waals surface area contributed by atoms with Gasteiger partial charge in [0.25, 0.3) is 0 Å². The number of likely N-dealkylation sites (tertiary alicyclic amines) is 1. The Morgan fingerprint density at radius 3 is 2.65 bits per heavy atom. The molecule has 0 spiro atoms. The topological polar surface area (TPSA) is 98.7 Å². The molecule has 26 heavy (non-hydrogen) atoms. The second-order valence-corrected chi connectivity index (χ2v) is 6.87. The van der Waals surface area contributed by atoms with E-state index in [0.717, 1.165) is 10.5 Å². The third-order valence-corrected chi connectivity index (χ3v) is 4.89. The van der Waals surface area contributed by atoms with Crippen LogP contribution in [-0.2, 0) is 16.1 Å². The van der Waals surface area contributed by atoms with Crippen molar-refractivity contribution >= 4 is 41.1 Å². The zero-order chi connectivity index (χ0) is 19.1. The van der Waals surface area contributed by atoms with E-state index in [1.54, 1.807) is 18.2 Å². The number of halogens is 2. The van der Waals surface area contributed by atoms with Gasteiger partial charge in [-0.3, -0.25) is 14.5 Å². The minimum atomic E-state index is -1.08. The van der Waals surface area contributed by atoms with E-state index in [1.807, 2.05) is 0 Å². The Hall–Kier alpha value is -1.99. The highest BCUT2D eigenvalue weighted by atomic mass is 35.5. The van der Waals surface area contributed by atoms with Crippen LogP contribution < -0.4 is 10.6 Å². The first-order valence-corrected chi connectivity index (χ1v) is 9.12. The summed E-state index contributed by atoms with van der Waals surface area (Å²) in [4.78, 5) is 36.1. The molecule has 0 bridgehead atoms. The van der Waals surface area contributed by atoms with Crippen LogP contribution in [0.4, 0.5) is 4.79 Å². The lowest BCUT2D eigenvalue weighted by Gasteiger charge is -2.20. The molecular formula is C17H21Cl2N3O4. The van der Waals surface area contributed by atoms with Crippen LogP contribution in [0.2, 0.25) is 10.0 Å². The Balaban J connectivity index is 1.64. The Labute approximate surface area is 161 Å². The number of benzene rings is 1. The summed E-state index contributed by atoms with van der Waals surface area (Å²) in [5.74, 6) is -0.445. The van der Waals surface area contributed by atoms with Crippen LogP contribution in [-0.4, -0.2) is 47.0 Å². The molecule has 0 aliphatic carbocycles. The Kier molecular flexibility index (Phi) is 7.53. The summed E-state index contributed by atoms with van der Waals surface area (Å²) in [7, 11) is 0. The van der Waals surface area contributed by atoms with Crippen molar-refractivity contribution in [1.29, 1.82) is 0 Å². The van der Waals surface area contributed by atoms with Crippen molar-refractivity contribution in [3.8, 4) is 0 Å². The lowest BCUT2D eigenvalue weighted by Crippen LogP contribution is -2.45. The number of amides is 3. The lowest BCUT2D eigenvalue weighted by molar-refractivity contribution is -0.125. The van der Waals surface area contributed by atoms with E-state index in [9.17, 15) is 14.4 Å². The average Bonchev–Trinajstić information content (AvgIpc) is 3.09. The van der Waals surface area contributed by atoms with E-state index in [2.05, 4.69) is 10.6 Å². The van der Waals surface area contributed by atoms with Gasteiger partial charge in [-0.25, -0.2) is 4.79 Å². The van der Waals surface area contributed by atoms with Crippen LogP contribution in [0.1, 0.15) is 31.2 Å². The summed E-state index contributed by atoms with van der Waals surface area (Å²) in [5.41, 5.74) is 0.844. The van der Waals surface area contributed by atoms with Crippen LogP contribution in [0.25, 0.3) is 0 Å². The summed E-state index contributed by atoms with van der Waals surface area (Å²) >= 11 is 11.8. The number of nitrogens with one attached hydrogen (secondary N) is 2. The number of carbonyl (C=O) groups excluding carboxylic acids is 2. The molecule has 0 aromatic heterocycles. The smallest absolute Gasteiger partial charge is 0.407 e. The number of carboxylic acid groups (broad SMARTS) is 1. The molecule has 142 valence electrons. The van der Waals surface area contributed by atoms with Crippen LogP contribution in [0.15, 0.2) is 18.2 Å². The van der Waals surface area contributed by atoms with Crippen molar-refractivity contribution < 1.29 is 19.5 Å². The van der Waals surface area contributed by atoms with Gasteiger partial charge in [-0.1, -0.05) is 29.3 Å². The van der Waals surface area contributed by atoms with Gasteiger partial charge in [0.05, 0.1) is 10.0 Å². The molecule has 0 saturated carbocycles. The minimum absolute atomic E-state index is 0.140. The Morgan fingerprint density at radius 1 is 1.19 bits per heavy atom. The molecule has 1 aromatic carbocycles. The molecule has 1 fully saturated rings. The van der Waals surface area contributed by atoms with Crippen molar-refractivity contribution in [3.63, 3.8) is 0 Å². The van der Waals surface area contributed by atoms with Gasteiger partial charge < -0.3 is 15.7 Å². The summed E-state index contributed by atoms with van der Waals surface area (Å²) in [5, 5.41) is 15.4. The number of carbonyl (C=O) groups is 3. The van der Waals surface area contributed by atoms with Gasteiger partial charge in [-0.15, -0.1) is 0 Å². The van der Waals surface area contributed by atoms with Gasteiger partial charge in [0.2, 0.25) is 11.8 Å². The highest BCUT2D eigenvalue weighted by Gasteiger charge is 2.33. The zero-order valence-corrected chi connectivity index (χ0v) is 15.6. The maximum atomic E-state index is 12.0. The maximum Gasteiger partial charge on any atom is 0.407 e. The van der Waals surface area contributed by atoms with Crippen molar-refractivity contribution in [2.45, 2.75) is 38.3 Å². The monoisotopic (exact) mass is 401 g/mol. The molecule has 7 nitrogen and oxygen atoms in total. The fourth-order valence-corrected chi connectivity index (χ4v) is 3.11. The summed E-state index contributed by atoms with van der Waals surface area (Å²) in [6.45, 7) is 1.05. The molecular weight excluding hydrogens is 381 g/mol. The van der Waals surface area contributed by atoms with E-state index >= 15 is 0 Å². The molecule has 1 atom stereocenters. The van der Waals surface area contributed by atoms with Crippen molar-refractivity contribution in [3.05, 3.63) is 33.8 Å². The third-order valence-electron chi connectivity index (χ3n) is 4.15. The van der Waals surface area contributed by atoms with Gasteiger partial charge in [0.1, 0.15) is 6.04 Å². The summed E-state index contributed by atoms with van der Waals surface area (Å²) < 4.78 is 0. The zero-order valence-electron chi connectivity index (χ0n) is 14.1. The standard InChI is InChI=1S/C17H21Cl2N3O4/c18-12-6-5-11(9-13(12)19)10-21-15(23)4-1-7-20-16(24)14-3-2-8-22(14)17(25)26/h5-6,9,14H,1-4,7-8,10H2,(H,20,24)(H,21,23)(H,25,26). The quantitative estimate of drug-likeness (QED) is 0.611. The number of hydrogen-bond acceptors (Lipinski definition) is 3. The van der Waals surface area contributed by atoms with Gasteiger partial charge >= 0.3 is 6.09 Å². The fraction of sp³-hybridized carbons (Fsp3) is 0.471. The van der Waals surface area contributed by atoms with Crippen molar-refractivity contribution in [2.75, 3.05) is 13.1 Å². The van der Waals surface area contributed by atoms with E-state index in [1.165, 1.54) is 0 Å². The van der Waals surface area contributed by atoms with Crippen molar-refractivity contribution in [1.82, 2.24) is 15.5 Å². The number of nitrogens with zero attached hydrogens (tertiary/aromatic N) is 1. The van der Waals surface area contributed by atoms with E-state index in [4.69, 9.17) is 28.3 Å². The predicted molar refractivity (Wildman–Crippen MR) is 98.3 cm³/mol. The predicted octanol–water partition coefficient (Wildman–Crippen LogP) is 2.65. The third kappa shape index (κ3) is 5.78. The molecule has 1 aliphatic rings. The Morgan fingerprint density at radius 2 is 1.96 bits per heavy atom. The average molecular weight is 402 g/mol. The normalized spacial score (nSPS) is 16.4. The van der Waals surface area contributed by atoms with Crippen molar-refractivity contribution in [2.24, 2.45) is 0 Å². The maximum absolute atomic E-state index is 12.0. The van der Waals surface area contributed by atoms with Crippen LogP contribution >= 0.6 is 23.2 Å². The van der Waals surface area contributed by atoms with Gasteiger partial charge in [-0.05, 0) is 37.0 Å². The first-order chi connectivity index (χ1) is 12.4. The SMILES string of the molecule is O=C(CCCNC(=O)C1CCCN1C(=O)O)NCc1ccc(Cl)c(Cl)c1. The van der Waals surface area contributed by atoms with E-state index in [0.29, 0.717) is 48.9 Å². The molecule has 3 amide bonds. The molecule has 0 radical (unpaired) electrons.